The van der Waals surface area contributed by atoms with Gasteiger partial charge in [-0.05, 0) is 74.6 Å². The van der Waals surface area contributed by atoms with E-state index in [0.717, 1.165) is 86.7 Å². The molecular formula is C35H46N4O4S. The van der Waals surface area contributed by atoms with Crippen molar-refractivity contribution in [1.82, 2.24) is 10.1 Å². The predicted octanol–water partition coefficient (Wildman–Crippen LogP) is 7.98. The molecule has 1 amide bonds. The second-order valence-electron chi connectivity index (χ2n) is 12.6. The largest absolute Gasteiger partial charge is 0.337 e. The minimum Gasteiger partial charge on any atom is -0.337 e. The summed E-state index contributed by atoms with van der Waals surface area (Å²) in [4.78, 5) is 21.0. The first-order valence-electron chi connectivity index (χ1n) is 16.2. The van der Waals surface area contributed by atoms with E-state index in [4.69, 9.17) is 9.52 Å². The lowest BCUT2D eigenvalue weighted by atomic mass is 9.91. The van der Waals surface area contributed by atoms with Crippen molar-refractivity contribution in [2.45, 2.75) is 116 Å². The first-order valence-corrected chi connectivity index (χ1v) is 17.6. The molecule has 0 radical (unpaired) electrons. The van der Waals surface area contributed by atoms with Crippen LogP contribution in [0.3, 0.4) is 0 Å². The van der Waals surface area contributed by atoms with Gasteiger partial charge in [0.15, 0.2) is 0 Å². The first-order chi connectivity index (χ1) is 21.1. The van der Waals surface area contributed by atoms with Gasteiger partial charge < -0.3 is 4.52 Å². The number of hydrogen-bond acceptors (Lipinski definition) is 6. The van der Waals surface area contributed by atoms with Crippen LogP contribution in [-0.4, -0.2) is 35.8 Å². The maximum Gasteiger partial charge on any atom is 0.264 e. The lowest BCUT2D eigenvalue weighted by Gasteiger charge is -2.23. The fraction of sp³-hybridized carbons (Fsp3) is 0.514. The van der Waals surface area contributed by atoms with Crippen LogP contribution in [0.2, 0.25) is 0 Å². The number of amides is 1. The highest BCUT2D eigenvalue weighted by atomic mass is 32.2. The van der Waals surface area contributed by atoms with E-state index < -0.39 is 15.6 Å². The van der Waals surface area contributed by atoms with Crippen LogP contribution in [-0.2, 0) is 27.8 Å². The average Bonchev–Trinajstić information content (AvgIpc) is 3.69. The number of carbonyl (C=O) groups excluding carboxylic acids is 1. The number of carbonyl (C=O) groups is 1. The minimum absolute atomic E-state index is 0.125. The van der Waals surface area contributed by atoms with Gasteiger partial charge in [-0.25, -0.2) is 13.1 Å². The lowest BCUT2D eigenvalue weighted by molar-refractivity contribution is -0.131. The van der Waals surface area contributed by atoms with E-state index in [0.29, 0.717) is 29.3 Å². The second kappa shape index (κ2) is 13.3. The summed E-state index contributed by atoms with van der Waals surface area (Å²) in [5.74, 6) is 1.72. The molecule has 1 atom stereocenters. The Morgan fingerprint density at radius 3 is 2.48 bits per heavy atom. The van der Waals surface area contributed by atoms with E-state index in [1.807, 2.05) is 29.2 Å². The van der Waals surface area contributed by atoms with Gasteiger partial charge in [0.2, 0.25) is 5.88 Å². The van der Waals surface area contributed by atoms with Crippen molar-refractivity contribution in [2.75, 3.05) is 4.72 Å². The van der Waals surface area contributed by atoms with Crippen LogP contribution in [0.25, 0.3) is 11.1 Å². The number of hydrogen-bond donors (Lipinski definition) is 1. The number of unbranched alkanes of at least 4 members (excludes halogenated alkanes) is 1. The molecule has 1 N–H and O–H groups in total. The van der Waals surface area contributed by atoms with E-state index in [1.54, 1.807) is 26.0 Å². The number of aromatic nitrogens is 1. The molecule has 1 aromatic heterocycles. The van der Waals surface area contributed by atoms with Crippen molar-refractivity contribution in [3.05, 3.63) is 64.8 Å². The van der Waals surface area contributed by atoms with Gasteiger partial charge in [-0.15, -0.1) is 0 Å². The molecule has 2 aliphatic rings. The number of aliphatic imine (C=N–C) groups is 1. The van der Waals surface area contributed by atoms with Gasteiger partial charge in [0.1, 0.15) is 11.4 Å². The topological polar surface area (TPSA) is 105 Å². The van der Waals surface area contributed by atoms with Crippen molar-refractivity contribution in [3.63, 3.8) is 0 Å². The molecule has 8 nitrogen and oxygen atoms in total. The number of rotatable bonds is 13. The van der Waals surface area contributed by atoms with E-state index in [1.165, 1.54) is 0 Å². The van der Waals surface area contributed by atoms with Crippen molar-refractivity contribution in [3.8, 4) is 11.1 Å². The lowest BCUT2D eigenvalue weighted by Crippen LogP contribution is -2.40. The summed E-state index contributed by atoms with van der Waals surface area (Å²) >= 11 is 0. The highest BCUT2D eigenvalue weighted by molar-refractivity contribution is 7.92. The highest BCUT2D eigenvalue weighted by Crippen LogP contribution is 2.40. The maximum atomic E-state index is 13.8. The zero-order valence-electron chi connectivity index (χ0n) is 26.8. The number of amidine groups is 1. The molecule has 1 fully saturated rings. The SMILES string of the molecule is CCCCC1=NC2(CCCC2)C(=O)N1Cc1ccc(-c2ccccc2S(=O)(=O)Nc2onc(C)c2C)c(CCC(C)CC)c1. The Balaban J connectivity index is 1.50. The fourth-order valence-electron chi connectivity index (χ4n) is 6.31. The monoisotopic (exact) mass is 618 g/mol. The Kier molecular flexibility index (Phi) is 9.63. The van der Waals surface area contributed by atoms with E-state index in [9.17, 15) is 13.2 Å². The minimum atomic E-state index is -3.97. The molecule has 1 aliphatic carbocycles. The van der Waals surface area contributed by atoms with Crippen LogP contribution < -0.4 is 4.72 Å². The third-order valence-electron chi connectivity index (χ3n) is 9.45. The molecule has 2 heterocycles. The molecule has 1 unspecified atom stereocenters. The van der Waals surface area contributed by atoms with E-state index >= 15 is 0 Å². The summed E-state index contributed by atoms with van der Waals surface area (Å²) < 4.78 is 35.3. The third kappa shape index (κ3) is 6.48. The van der Waals surface area contributed by atoms with Crippen LogP contribution >= 0.6 is 0 Å². The molecule has 9 heteroatoms. The zero-order chi connectivity index (χ0) is 31.5. The molecular weight excluding hydrogens is 572 g/mol. The summed E-state index contributed by atoms with van der Waals surface area (Å²) in [7, 11) is -3.97. The van der Waals surface area contributed by atoms with Gasteiger partial charge in [-0.2, -0.15) is 0 Å². The molecule has 2 aromatic carbocycles. The molecule has 236 valence electrons. The van der Waals surface area contributed by atoms with Gasteiger partial charge in [-0.3, -0.25) is 14.7 Å². The molecule has 0 bridgehead atoms. The zero-order valence-corrected chi connectivity index (χ0v) is 27.6. The summed E-state index contributed by atoms with van der Waals surface area (Å²) in [5.41, 5.74) is 4.34. The quantitative estimate of drug-likeness (QED) is 0.209. The standard InChI is InChI=1S/C35H46N4O4S/c1-6-8-15-32-36-35(20-11-12-21-35)34(40)39(32)23-27-17-19-29(28(22-27)18-16-24(3)7-2)30-13-9-10-14-31(30)44(41,42)38-33-25(4)26(5)37-43-33/h9-10,13-14,17,19,22,24,38H,6-8,11-12,15-16,18,20-21,23H2,1-5H3. The number of anilines is 1. The van der Waals surface area contributed by atoms with Crippen LogP contribution in [0.1, 0.15) is 101 Å². The van der Waals surface area contributed by atoms with Crippen LogP contribution in [0.5, 0.6) is 0 Å². The molecule has 1 spiro atoms. The summed E-state index contributed by atoms with van der Waals surface area (Å²) in [6.07, 6.45) is 9.48. The Labute approximate surface area is 262 Å². The molecule has 44 heavy (non-hydrogen) atoms. The Morgan fingerprint density at radius 1 is 1.05 bits per heavy atom. The Bertz CT molecular complexity index is 1640. The Morgan fingerprint density at radius 2 is 1.80 bits per heavy atom. The smallest absolute Gasteiger partial charge is 0.264 e. The van der Waals surface area contributed by atoms with Crippen molar-refractivity contribution >= 4 is 27.7 Å². The van der Waals surface area contributed by atoms with Crippen molar-refractivity contribution in [1.29, 1.82) is 0 Å². The van der Waals surface area contributed by atoms with Crippen LogP contribution in [0.15, 0.2) is 56.9 Å². The highest BCUT2D eigenvalue weighted by Gasteiger charge is 2.49. The normalized spacial score (nSPS) is 17.0. The van der Waals surface area contributed by atoms with Gasteiger partial charge in [0, 0.05) is 17.5 Å². The van der Waals surface area contributed by atoms with Gasteiger partial charge in [0.25, 0.3) is 15.9 Å². The predicted molar refractivity (Wildman–Crippen MR) is 175 cm³/mol. The summed E-state index contributed by atoms with van der Waals surface area (Å²) in [6, 6.07) is 13.3. The summed E-state index contributed by atoms with van der Waals surface area (Å²) in [5, 5.41) is 3.90. The fourth-order valence-corrected chi connectivity index (χ4v) is 7.58. The molecule has 1 aliphatic heterocycles. The number of nitrogens with one attached hydrogen (secondary N) is 1. The molecule has 5 rings (SSSR count). The van der Waals surface area contributed by atoms with E-state index in [2.05, 4.69) is 36.7 Å². The number of nitrogens with zero attached hydrogens (tertiary/aromatic N) is 3. The van der Waals surface area contributed by atoms with Crippen LogP contribution in [0.4, 0.5) is 5.88 Å². The number of sulfonamides is 1. The van der Waals surface area contributed by atoms with Gasteiger partial charge >= 0.3 is 0 Å². The van der Waals surface area contributed by atoms with E-state index in [-0.39, 0.29) is 16.7 Å². The first kappa shape index (κ1) is 31.9. The summed E-state index contributed by atoms with van der Waals surface area (Å²) in [6.45, 7) is 10.6. The second-order valence-corrected chi connectivity index (χ2v) is 14.3. The molecule has 0 saturated heterocycles. The Hall–Kier alpha value is -3.46. The average molecular weight is 619 g/mol. The molecule has 1 saturated carbocycles. The maximum absolute atomic E-state index is 13.8. The third-order valence-corrected chi connectivity index (χ3v) is 10.8. The van der Waals surface area contributed by atoms with Crippen molar-refractivity contribution < 1.29 is 17.7 Å². The van der Waals surface area contributed by atoms with Gasteiger partial charge in [0.05, 0.1) is 17.1 Å². The van der Waals surface area contributed by atoms with Crippen LogP contribution in [0, 0.1) is 19.8 Å². The number of benzene rings is 2. The van der Waals surface area contributed by atoms with Gasteiger partial charge in [-0.1, -0.05) is 88.0 Å². The number of aryl methyl sites for hydroxylation is 2. The molecule has 3 aromatic rings. The van der Waals surface area contributed by atoms with Crippen molar-refractivity contribution in [2.24, 2.45) is 10.9 Å².